The van der Waals surface area contributed by atoms with Gasteiger partial charge in [0.05, 0.1) is 44.2 Å². The van der Waals surface area contributed by atoms with Gasteiger partial charge in [-0.2, -0.15) is 9.97 Å². The molecule has 0 bridgehead atoms. The number of aromatic nitrogens is 8. The van der Waals surface area contributed by atoms with Gasteiger partial charge in [-0.25, -0.2) is 19.6 Å². The number of rotatable bonds is 2. The number of nitrogens with one attached hydrogen (secondary N) is 3. The average Bonchev–Trinajstić information content (AvgIpc) is 3.72. The molecule has 0 radical (unpaired) electrons. The minimum Gasteiger partial charge on any atom is -0.388 e. The van der Waals surface area contributed by atoms with E-state index in [1.807, 2.05) is 0 Å². The van der Waals surface area contributed by atoms with Gasteiger partial charge in [-0.05, 0) is 0 Å². The van der Waals surface area contributed by atoms with Crippen molar-refractivity contribution in [3.8, 4) is 0 Å². The number of aromatic amines is 2. The molecule has 248 valence electrons. The number of H-pyrrole nitrogens is 2. The van der Waals surface area contributed by atoms with Crippen molar-refractivity contribution in [1.82, 2.24) is 44.1 Å². The first kappa shape index (κ1) is 31.0. The predicted octanol–water partition coefficient (Wildman–Crippen LogP) is -3.16. The third kappa shape index (κ3) is 5.34. The topological polar surface area (TPSA) is 343 Å². The maximum Gasteiger partial charge on any atom is 0.403 e. The number of aliphatic hydroxyl groups is 2. The van der Waals surface area contributed by atoms with Gasteiger partial charge in [-0.3, -0.25) is 37.8 Å². The minimum atomic E-state index is -4.79. The van der Waals surface area contributed by atoms with E-state index < -0.39 is 94.7 Å². The summed E-state index contributed by atoms with van der Waals surface area (Å²) in [7, 11) is -9.37. The van der Waals surface area contributed by atoms with Gasteiger partial charge in [-0.15, -0.1) is 0 Å². The molecular weight excluding hydrogens is 660 g/mol. The van der Waals surface area contributed by atoms with Crippen molar-refractivity contribution in [3.05, 3.63) is 33.4 Å². The van der Waals surface area contributed by atoms with Gasteiger partial charge in [0.15, 0.2) is 34.8 Å². The first-order valence-corrected chi connectivity index (χ1v) is 16.9. The van der Waals surface area contributed by atoms with E-state index in [-0.39, 0.29) is 34.2 Å². The lowest BCUT2D eigenvalue weighted by Crippen LogP contribution is -2.45. The van der Waals surface area contributed by atoms with E-state index in [0.717, 1.165) is 12.7 Å². The summed E-state index contributed by atoms with van der Waals surface area (Å²) in [6, 6.07) is -1.43. The standard InChI is InChI=1S/C21H27N11O12P2/c22-20-26-14-10(16(35)28-20)24-4-31(14)18-12(33)6-3-45(37,38)41-2-8-9(30-46(39,40)42-1-7(6)43-18)13(34)19(44-8)32-5-25-11-15(32)27-21(23)29-17(11)36/h4-9,12-13,18-19,33-34H,1-3H2,(H,37,38)(H2,30,39,40)(H3,22,26,28,35)(H3,23,27,29,36)/t6-,7-,8-,9-,12-,13-,18-,19-/m1/s1. The fourth-order valence-electron chi connectivity index (χ4n) is 5.85. The molecule has 11 N–H and O–H groups in total. The van der Waals surface area contributed by atoms with Crippen molar-refractivity contribution < 1.29 is 47.7 Å². The minimum absolute atomic E-state index is 0.0526. The number of imidazole rings is 2. The van der Waals surface area contributed by atoms with Crippen LogP contribution in [0.25, 0.3) is 22.3 Å². The lowest BCUT2D eigenvalue weighted by atomic mass is 10.0. The molecule has 7 heterocycles. The Bertz CT molecular complexity index is 1900. The molecule has 0 aliphatic carbocycles. The largest absolute Gasteiger partial charge is 0.403 e. The SMILES string of the molecule is Nc1nc2c(ncn2[C@@H]2O[C@@H]3COP(=O)(O)N[C@H]4[C@@H](O)[C@H](n5cnc6c(=O)[nH]c(N)nc65)O[C@@H]4COP(=O)(O)C[C@H]3[C@H]2O)c(=O)[nH]1. The number of ether oxygens (including phenoxy) is 2. The number of aliphatic hydroxyl groups excluding tert-OH is 2. The van der Waals surface area contributed by atoms with Crippen molar-refractivity contribution in [2.45, 2.75) is 42.9 Å². The number of fused-ring (bicyclic) bond motifs is 4. The second-order valence-electron chi connectivity index (χ2n) is 10.9. The van der Waals surface area contributed by atoms with Gasteiger partial charge in [-0.1, -0.05) is 0 Å². The Balaban J connectivity index is 1.18. The Kier molecular flexibility index (Phi) is 7.41. The normalized spacial score (nSPS) is 37.1. The predicted molar refractivity (Wildman–Crippen MR) is 152 cm³/mol. The summed E-state index contributed by atoms with van der Waals surface area (Å²) in [5, 5.41) is 24.8. The first-order valence-electron chi connectivity index (χ1n) is 13.5. The fraction of sp³-hybridized carbons (Fsp3) is 0.524. The van der Waals surface area contributed by atoms with E-state index in [9.17, 15) is 38.7 Å². The maximum absolute atomic E-state index is 13.3. The van der Waals surface area contributed by atoms with Crippen molar-refractivity contribution in [2.75, 3.05) is 30.8 Å². The van der Waals surface area contributed by atoms with Crippen molar-refractivity contribution >= 4 is 49.6 Å². The monoisotopic (exact) mass is 687 g/mol. The van der Waals surface area contributed by atoms with E-state index in [1.54, 1.807) is 0 Å². The number of nitrogens with two attached hydrogens (primary N) is 2. The van der Waals surface area contributed by atoms with Crippen LogP contribution in [0.5, 0.6) is 0 Å². The van der Waals surface area contributed by atoms with Crippen LogP contribution >= 0.6 is 15.3 Å². The van der Waals surface area contributed by atoms with E-state index >= 15 is 0 Å². The summed E-state index contributed by atoms with van der Waals surface area (Å²) < 4.78 is 51.4. The Morgan fingerprint density at radius 3 is 1.93 bits per heavy atom. The molecule has 25 heteroatoms. The molecular formula is C21H27N11O12P2. The van der Waals surface area contributed by atoms with Crippen LogP contribution in [0, 0.1) is 5.92 Å². The molecule has 4 aromatic heterocycles. The van der Waals surface area contributed by atoms with Gasteiger partial charge in [0.25, 0.3) is 11.1 Å². The Hall–Kier alpha value is -3.60. The second kappa shape index (κ2) is 11.0. The Labute approximate surface area is 254 Å². The molecule has 3 aliphatic rings. The molecule has 3 saturated heterocycles. The summed E-state index contributed by atoms with van der Waals surface area (Å²) in [6.07, 6.45) is -6.90. The van der Waals surface area contributed by atoms with Gasteiger partial charge in [0, 0.05) is 5.92 Å². The number of nitrogens with zero attached hydrogens (tertiary/aromatic N) is 6. The zero-order valence-electron chi connectivity index (χ0n) is 23.2. The van der Waals surface area contributed by atoms with Crippen LogP contribution in [0.1, 0.15) is 12.5 Å². The van der Waals surface area contributed by atoms with Crippen LogP contribution in [0.4, 0.5) is 11.9 Å². The molecule has 0 amide bonds. The summed E-state index contributed by atoms with van der Waals surface area (Å²) >= 11 is 0. The summed E-state index contributed by atoms with van der Waals surface area (Å²) in [5.74, 6) is -1.70. The smallest absolute Gasteiger partial charge is 0.388 e. The summed E-state index contributed by atoms with van der Waals surface area (Å²) in [6.45, 7) is -1.37. The Morgan fingerprint density at radius 2 is 1.35 bits per heavy atom. The Morgan fingerprint density at radius 1 is 0.826 bits per heavy atom. The third-order valence-electron chi connectivity index (χ3n) is 7.96. The molecule has 3 fully saturated rings. The molecule has 3 aliphatic heterocycles. The number of anilines is 2. The zero-order chi connectivity index (χ0) is 32.7. The second-order valence-corrected chi connectivity index (χ2v) is 14.4. The first-order chi connectivity index (χ1) is 21.7. The highest BCUT2D eigenvalue weighted by Crippen LogP contribution is 2.51. The maximum atomic E-state index is 13.3. The molecule has 46 heavy (non-hydrogen) atoms. The summed E-state index contributed by atoms with van der Waals surface area (Å²) in [4.78, 5) is 66.6. The van der Waals surface area contributed by atoms with E-state index in [1.165, 1.54) is 9.13 Å². The molecule has 0 aromatic carbocycles. The van der Waals surface area contributed by atoms with E-state index in [0.29, 0.717) is 0 Å². The molecule has 7 rings (SSSR count). The molecule has 4 aromatic rings. The van der Waals surface area contributed by atoms with Gasteiger partial charge in [0.2, 0.25) is 11.9 Å². The van der Waals surface area contributed by atoms with Crippen LogP contribution in [0.15, 0.2) is 22.2 Å². The highest BCUT2D eigenvalue weighted by atomic mass is 31.2. The van der Waals surface area contributed by atoms with Crippen LogP contribution < -0.4 is 27.7 Å². The van der Waals surface area contributed by atoms with Crippen LogP contribution in [0.2, 0.25) is 0 Å². The highest BCUT2D eigenvalue weighted by Gasteiger charge is 2.52. The lowest BCUT2D eigenvalue weighted by Gasteiger charge is -2.28. The van der Waals surface area contributed by atoms with Gasteiger partial charge < -0.3 is 45.5 Å². The van der Waals surface area contributed by atoms with Gasteiger partial charge >= 0.3 is 15.3 Å². The molecule has 10 atom stereocenters. The van der Waals surface area contributed by atoms with Crippen LogP contribution in [0.3, 0.4) is 0 Å². The third-order valence-corrected chi connectivity index (χ3v) is 10.5. The zero-order valence-corrected chi connectivity index (χ0v) is 25.0. The fourth-order valence-corrected chi connectivity index (χ4v) is 8.44. The van der Waals surface area contributed by atoms with Crippen LogP contribution in [-0.4, -0.2) is 109 Å². The van der Waals surface area contributed by atoms with E-state index in [4.69, 9.17) is 30.0 Å². The van der Waals surface area contributed by atoms with Crippen molar-refractivity contribution in [1.29, 1.82) is 0 Å². The van der Waals surface area contributed by atoms with Crippen molar-refractivity contribution in [3.63, 3.8) is 0 Å². The highest BCUT2D eigenvalue weighted by molar-refractivity contribution is 7.52. The molecule has 2 unspecified atom stereocenters. The number of hydrogen-bond acceptors (Lipinski definition) is 16. The number of hydrogen-bond donors (Lipinski definition) is 9. The lowest BCUT2D eigenvalue weighted by molar-refractivity contribution is -0.0483. The molecule has 23 nitrogen and oxygen atoms in total. The molecule has 0 saturated carbocycles. The van der Waals surface area contributed by atoms with Gasteiger partial charge in [0.1, 0.15) is 18.3 Å². The van der Waals surface area contributed by atoms with Crippen molar-refractivity contribution in [2.24, 2.45) is 5.92 Å². The molecule has 0 spiro atoms. The average molecular weight is 687 g/mol. The van der Waals surface area contributed by atoms with E-state index in [2.05, 4.69) is 35.0 Å². The quantitative estimate of drug-likeness (QED) is 0.0939. The summed E-state index contributed by atoms with van der Waals surface area (Å²) in [5.41, 5.74) is 9.62. The van der Waals surface area contributed by atoms with Crippen LogP contribution in [-0.2, 0) is 27.7 Å². The number of nitrogen functional groups attached to an aromatic ring is 2.